The van der Waals surface area contributed by atoms with Crippen LogP contribution in [0.5, 0.6) is 11.5 Å². The number of nitrogens with one attached hydrogen (secondary N) is 2. The first-order valence-electron chi connectivity index (χ1n) is 8.95. The Morgan fingerprint density at radius 2 is 1.33 bits per heavy atom. The Balaban J connectivity index is 1.38. The van der Waals surface area contributed by atoms with E-state index in [1.54, 1.807) is 30.3 Å². The molecule has 0 aliphatic rings. The molecule has 0 unspecified atom stereocenters. The van der Waals surface area contributed by atoms with Crippen LogP contribution < -0.4 is 20.3 Å². The molecule has 0 spiro atoms. The van der Waals surface area contributed by atoms with Crippen LogP contribution >= 0.6 is 31.9 Å². The molecule has 2 N–H and O–H groups in total. The molecule has 154 valence electrons. The number of hydrogen-bond donors (Lipinski definition) is 2. The predicted molar refractivity (Wildman–Crippen MR) is 121 cm³/mol. The van der Waals surface area contributed by atoms with Gasteiger partial charge < -0.3 is 9.47 Å². The maximum atomic E-state index is 11.9. The van der Waals surface area contributed by atoms with Crippen LogP contribution in [0, 0.1) is 0 Å². The molecular weight excluding hydrogens is 516 g/mol. The summed E-state index contributed by atoms with van der Waals surface area (Å²) in [5.41, 5.74) is 6.72. The third-order valence-corrected chi connectivity index (χ3v) is 5.04. The molecular formula is C22H18Br2N2O4. The summed E-state index contributed by atoms with van der Waals surface area (Å²) in [4.78, 5) is 23.7. The Bertz CT molecular complexity index is 1010. The Morgan fingerprint density at radius 1 is 0.733 bits per heavy atom. The first-order chi connectivity index (χ1) is 14.5. The molecule has 3 aromatic rings. The van der Waals surface area contributed by atoms with Gasteiger partial charge in [-0.3, -0.25) is 20.4 Å². The van der Waals surface area contributed by atoms with Crippen LogP contribution in [0.2, 0.25) is 0 Å². The summed E-state index contributed by atoms with van der Waals surface area (Å²) < 4.78 is 12.4. The van der Waals surface area contributed by atoms with Gasteiger partial charge >= 0.3 is 0 Å². The van der Waals surface area contributed by atoms with Crippen molar-refractivity contribution in [2.45, 2.75) is 0 Å². The van der Waals surface area contributed by atoms with Crippen LogP contribution in [0.15, 0.2) is 81.7 Å². The molecule has 8 heteroatoms. The third kappa shape index (κ3) is 6.60. The highest BCUT2D eigenvalue weighted by Gasteiger charge is 2.08. The number of rotatable bonds is 7. The summed E-state index contributed by atoms with van der Waals surface area (Å²) in [6.07, 6.45) is 0. The van der Waals surface area contributed by atoms with E-state index in [-0.39, 0.29) is 13.2 Å². The lowest BCUT2D eigenvalue weighted by Crippen LogP contribution is -2.45. The third-order valence-electron chi connectivity index (χ3n) is 3.93. The molecule has 30 heavy (non-hydrogen) atoms. The fourth-order valence-electron chi connectivity index (χ4n) is 2.47. The van der Waals surface area contributed by atoms with E-state index in [9.17, 15) is 9.59 Å². The lowest BCUT2D eigenvalue weighted by atomic mass is 10.1. The predicted octanol–water partition coefficient (Wildman–Crippen LogP) is 4.48. The van der Waals surface area contributed by atoms with E-state index in [0.717, 1.165) is 15.6 Å². The number of halogens is 2. The highest BCUT2D eigenvalue weighted by molar-refractivity contribution is 9.11. The molecule has 0 aliphatic heterocycles. The fourth-order valence-corrected chi connectivity index (χ4v) is 3.63. The van der Waals surface area contributed by atoms with E-state index in [0.29, 0.717) is 16.0 Å². The van der Waals surface area contributed by atoms with Gasteiger partial charge in [0.2, 0.25) is 0 Å². The minimum absolute atomic E-state index is 0.232. The van der Waals surface area contributed by atoms with E-state index in [4.69, 9.17) is 9.47 Å². The highest BCUT2D eigenvalue weighted by Crippen LogP contribution is 2.28. The molecule has 0 heterocycles. The van der Waals surface area contributed by atoms with Gasteiger partial charge in [0.15, 0.2) is 13.2 Å². The van der Waals surface area contributed by atoms with E-state index < -0.39 is 11.8 Å². The minimum Gasteiger partial charge on any atom is -0.484 e. The topological polar surface area (TPSA) is 76.7 Å². The van der Waals surface area contributed by atoms with Crippen molar-refractivity contribution in [3.63, 3.8) is 0 Å². The Hall–Kier alpha value is -2.84. The molecule has 0 atom stereocenters. The van der Waals surface area contributed by atoms with E-state index in [2.05, 4.69) is 42.7 Å². The van der Waals surface area contributed by atoms with Gasteiger partial charge in [0.1, 0.15) is 11.5 Å². The first-order valence-corrected chi connectivity index (χ1v) is 10.5. The van der Waals surface area contributed by atoms with Crippen molar-refractivity contribution in [1.82, 2.24) is 10.9 Å². The number of hydrazine groups is 1. The summed E-state index contributed by atoms with van der Waals surface area (Å²) in [6.45, 7) is -0.480. The van der Waals surface area contributed by atoms with Crippen LogP contribution in [-0.4, -0.2) is 25.0 Å². The van der Waals surface area contributed by atoms with Gasteiger partial charge in [-0.25, -0.2) is 0 Å². The quantitative estimate of drug-likeness (QED) is 0.439. The van der Waals surface area contributed by atoms with Gasteiger partial charge in [-0.15, -0.1) is 0 Å². The maximum absolute atomic E-state index is 11.9. The number of benzene rings is 3. The average Bonchev–Trinajstić information content (AvgIpc) is 2.76. The molecule has 0 radical (unpaired) electrons. The van der Waals surface area contributed by atoms with Crippen molar-refractivity contribution in [1.29, 1.82) is 0 Å². The lowest BCUT2D eigenvalue weighted by Gasteiger charge is -2.11. The first kappa shape index (κ1) is 21.9. The Labute approximate surface area is 190 Å². The van der Waals surface area contributed by atoms with Gasteiger partial charge in [-0.1, -0.05) is 58.4 Å². The summed E-state index contributed by atoms with van der Waals surface area (Å²) in [7, 11) is 0. The van der Waals surface area contributed by atoms with Gasteiger partial charge in [0.05, 0.1) is 4.47 Å². The molecule has 0 aliphatic carbocycles. The number of ether oxygens (including phenoxy) is 2. The van der Waals surface area contributed by atoms with Gasteiger partial charge in [-0.2, -0.15) is 0 Å². The van der Waals surface area contributed by atoms with Crippen molar-refractivity contribution < 1.29 is 19.1 Å². The van der Waals surface area contributed by atoms with Crippen molar-refractivity contribution in [3.05, 3.63) is 81.7 Å². The molecule has 0 saturated carbocycles. The minimum atomic E-state index is -0.495. The van der Waals surface area contributed by atoms with Crippen LogP contribution in [-0.2, 0) is 9.59 Å². The summed E-state index contributed by atoms with van der Waals surface area (Å²) >= 11 is 6.69. The SMILES string of the molecule is O=C(COc1ccc(-c2ccccc2)cc1)NNC(=O)COc1ccc(Br)cc1Br. The molecule has 0 fully saturated rings. The van der Waals surface area contributed by atoms with Crippen molar-refractivity contribution in [2.24, 2.45) is 0 Å². The molecule has 3 rings (SSSR count). The number of hydrogen-bond acceptors (Lipinski definition) is 4. The van der Waals surface area contributed by atoms with E-state index in [1.807, 2.05) is 42.5 Å². The number of carbonyl (C=O) groups is 2. The average molecular weight is 534 g/mol. The van der Waals surface area contributed by atoms with Crippen LogP contribution in [0.25, 0.3) is 11.1 Å². The van der Waals surface area contributed by atoms with Crippen LogP contribution in [0.3, 0.4) is 0 Å². The standard InChI is InChI=1S/C22H18Br2N2O4/c23-17-8-11-20(19(24)12-17)30-14-22(28)26-25-21(27)13-29-18-9-6-16(7-10-18)15-4-2-1-3-5-15/h1-12H,13-14H2,(H,25,27)(H,26,28). The smallest absolute Gasteiger partial charge is 0.276 e. The monoisotopic (exact) mass is 532 g/mol. The molecule has 0 saturated heterocycles. The second kappa shape index (κ2) is 10.8. The molecule has 0 bridgehead atoms. The molecule has 2 amide bonds. The highest BCUT2D eigenvalue weighted by atomic mass is 79.9. The van der Waals surface area contributed by atoms with E-state index >= 15 is 0 Å². The van der Waals surface area contributed by atoms with Crippen molar-refractivity contribution in [2.75, 3.05) is 13.2 Å². The Kier molecular flexibility index (Phi) is 7.87. The summed E-state index contributed by atoms with van der Waals surface area (Å²) in [5, 5.41) is 0. The van der Waals surface area contributed by atoms with E-state index in [1.165, 1.54) is 0 Å². The zero-order valence-corrected chi connectivity index (χ0v) is 18.9. The summed E-state index contributed by atoms with van der Waals surface area (Å²) in [6, 6.07) is 22.7. The molecule has 3 aromatic carbocycles. The second-order valence-electron chi connectivity index (χ2n) is 6.14. The van der Waals surface area contributed by atoms with Crippen molar-refractivity contribution >= 4 is 43.7 Å². The molecule has 0 aromatic heterocycles. The zero-order valence-electron chi connectivity index (χ0n) is 15.7. The number of amides is 2. The largest absolute Gasteiger partial charge is 0.484 e. The lowest BCUT2D eigenvalue weighted by molar-refractivity contribution is -0.131. The Morgan fingerprint density at radius 3 is 1.97 bits per heavy atom. The van der Waals surface area contributed by atoms with Gasteiger partial charge in [0.25, 0.3) is 11.8 Å². The van der Waals surface area contributed by atoms with Crippen LogP contribution in [0.4, 0.5) is 0 Å². The molecule has 6 nitrogen and oxygen atoms in total. The number of carbonyl (C=O) groups excluding carboxylic acids is 2. The fraction of sp³-hybridized carbons (Fsp3) is 0.0909. The summed E-state index contributed by atoms with van der Waals surface area (Å²) in [5.74, 6) is 0.0900. The maximum Gasteiger partial charge on any atom is 0.276 e. The normalized spacial score (nSPS) is 10.2. The van der Waals surface area contributed by atoms with Gasteiger partial charge in [0, 0.05) is 4.47 Å². The van der Waals surface area contributed by atoms with Crippen LogP contribution in [0.1, 0.15) is 0 Å². The van der Waals surface area contributed by atoms with Gasteiger partial charge in [-0.05, 0) is 57.4 Å². The second-order valence-corrected chi connectivity index (χ2v) is 7.91. The van der Waals surface area contributed by atoms with Crippen molar-refractivity contribution in [3.8, 4) is 22.6 Å². The zero-order chi connectivity index (χ0) is 21.3.